The summed E-state index contributed by atoms with van der Waals surface area (Å²) >= 11 is 0. The largest absolute Gasteiger partial charge is 0.497 e. The van der Waals surface area contributed by atoms with Crippen LogP contribution in [0.2, 0.25) is 0 Å². The summed E-state index contributed by atoms with van der Waals surface area (Å²) in [6.07, 6.45) is 0.672. The fourth-order valence-corrected chi connectivity index (χ4v) is 1.68. The molecule has 0 aliphatic heterocycles. The molecule has 4 heteroatoms. The van der Waals surface area contributed by atoms with Gasteiger partial charge in [-0.05, 0) is 24.3 Å². The molecule has 106 valence electrons. The van der Waals surface area contributed by atoms with E-state index in [1.165, 1.54) is 6.07 Å². The first-order valence-corrected chi connectivity index (χ1v) is 6.44. The Morgan fingerprint density at radius 1 is 0.900 bits per heavy atom. The molecule has 0 saturated heterocycles. The minimum atomic E-state index is -0.346. The third-order valence-electron chi connectivity index (χ3n) is 2.69. The van der Waals surface area contributed by atoms with Crippen LogP contribution < -0.4 is 14.2 Å². The predicted octanol–water partition coefficient (Wildman–Crippen LogP) is 3.68. The molecule has 0 aliphatic rings. The predicted molar refractivity (Wildman–Crippen MR) is 75.0 cm³/mol. The number of hydrogen-bond donors (Lipinski definition) is 0. The topological polar surface area (TPSA) is 27.7 Å². The van der Waals surface area contributed by atoms with Crippen LogP contribution in [0.25, 0.3) is 0 Å². The summed E-state index contributed by atoms with van der Waals surface area (Å²) in [5, 5.41) is 0. The van der Waals surface area contributed by atoms with Crippen LogP contribution in [-0.4, -0.2) is 20.3 Å². The second kappa shape index (κ2) is 7.38. The first-order valence-electron chi connectivity index (χ1n) is 6.44. The highest BCUT2D eigenvalue weighted by atomic mass is 19.1. The number of hydrogen-bond acceptors (Lipinski definition) is 3. The van der Waals surface area contributed by atoms with Gasteiger partial charge in [-0.1, -0.05) is 18.2 Å². The van der Waals surface area contributed by atoms with Crippen LogP contribution in [0.3, 0.4) is 0 Å². The van der Waals surface area contributed by atoms with Crippen molar-refractivity contribution in [2.24, 2.45) is 0 Å². The Bertz CT molecular complexity index is 543. The van der Waals surface area contributed by atoms with Crippen molar-refractivity contribution in [3.05, 3.63) is 54.3 Å². The minimum absolute atomic E-state index is 0.272. The van der Waals surface area contributed by atoms with Gasteiger partial charge in [-0.3, -0.25) is 0 Å². The van der Waals surface area contributed by atoms with Gasteiger partial charge in [-0.25, -0.2) is 4.39 Å². The molecule has 0 radical (unpaired) electrons. The van der Waals surface area contributed by atoms with Crippen LogP contribution in [0, 0.1) is 5.82 Å². The van der Waals surface area contributed by atoms with Crippen molar-refractivity contribution in [3.8, 4) is 17.2 Å². The van der Waals surface area contributed by atoms with Crippen molar-refractivity contribution in [1.82, 2.24) is 0 Å². The molecular weight excluding hydrogens is 259 g/mol. The quantitative estimate of drug-likeness (QED) is 0.722. The number of benzene rings is 2. The Morgan fingerprint density at radius 2 is 1.65 bits per heavy atom. The maximum Gasteiger partial charge on any atom is 0.165 e. The second-order valence-electron chi connectivity index (χ2n) is 4.16. The number of methoxy groups -OCH3 is 1. The first-order chi connectivity index (χ1) is 9.79. The average Bonchev–Trinajstić information content (AvgIpc) is 2.49. The van der Waals surface area contributed by atoms with Gasteiger partial charge in [0.2, 0.25) is 0 Å². The van der Waals surface area contributed by atoms with Crippen LogP contribution in [0.4, 0.5) is 4.39 Å². The summed E-state index contributed by atoms with van der Waals surface area (Å²) in [5.74, 6) is 1.43. The fourth-order valence-electron chi connectivity index (χ4n) is 1.68. The van der Waals surface area contributed by atoms with E-state index in [0.29, 0.717) is 19.6 Å². The van der Waals surface area contributed by atoms with Crippen LogP contribution in [0.1, 0.15) is 6.42 Å². The van der Waals surface area contributed by atoms with E-state index in [-0.39, 0.29) is 11.6 Å². The molecule has 0 saturated carbocycles. The molecule has 0 unspecified atom stereocenters. The zero-order chi connectivity index (χ0) is 14.2. The lowest BCUT2D eigenvalue weighted by Gasteiger charge is -2.09. The van der Waals surface area contributed by atoms with Gasteiger partial charge in [-0.2, -0.15) is 0 Å². The van der Waals surface area contributed by atoms with Gasteiger partial charge in [0, 0.05) is 12.5 Å². The lowest BCUT2D eigenvalue weighted by Crippen LogP contribution is -2.05. The van der Waals surface area contributed by atoms with E-state index in [9.17, 15) is 4.39 Å². The highest BCUT2D eigenvalue weighted by molar-refractivity contribution is 5.32. The van der Waals surface area contributed by atoms with Gasteiger partial charge in [0.15, 0.2) is 11.6 Å². The zero-order valence-electron chi connectivity index (χ0n) is 11.3. The van der Waals surface area contributed by atoms with Gasteiger partial charge in [-0.15, -0.1) is 0 Å². The second-order valence-corrected chi connectivity index (χ2v) is 4.16. The van der Waals surface area contributed by atoms with Gasteiger partial charge in [0.25, 0.3) is 0 Å². The van der Waals surface area contributed by atoms with Crippen molar-refractivity contribution in [2.75, 3.05) is 20.3 Å². The molecule has 2 rings (SSSR count). The lowest BCUT2D eigenvalue weighted by atomic mass is 10.3. The molecule has 0 aliphatic carbocycles. The third-order valence-corrected chi connectivity index (χ3v) is 2.69. The summed E-state index contributed by atoms with van der Waals surface area (Å²) in [5.41, 5.74) is 0. The van der Waals surface area contributed by atoms with Gasteiger partial charge in [0.1, 0.15) is 11.5 Å². The van der Waals surface area contributed by atoms with Crippen molar-refractivity contribution in [2.45, 2.75) is 6.42 Å². The van der Waals surface area contributed by atoms with Crippen LogP contribution in [-0.2, 0) is 0 Å². The molecule has 2 aromatic rings. The van der Waals surface area contributed by atoms with Crippen molar-refractivity contribution in [1.29, 1.82) is 0 Å². The Kier molecular flexibility index (Phi) is 5.24. The number of rotatable bonds is 7. The highest BCUT2D eigenvalue weighted by Crippen LogP contribution is 2.19. The van der Waals surface area contributed by atoms with E-state index >= 15 is 0 Å². The maximum absolute atomic E-state index is 13.3. The lowest BCUT2D eigenvalue weighted by molar-refractivity contribution is 0.241. The van der Waals surface area contributed by atoms with E-state index in [0.717, 1.165) is 11.5 Å². The van der Waals surface area contributed by atoms with Crippen LogP contribution in [0.5, 0.6) is 17.2 Å². The van der Waals surface area contributed by atoms with E-state index in [2.05, 4.69) is 0 Å². The molecule has 20 heavy (non-hydrogen) atoms. The van der Waals surface area contributed by atoms with Crippen LogP contribution >= 0.6 is 0 Å². The smallest absolute Gasteiger partial charge is 0.165 e. The SMILES string of the molecule is COc1cccc(OCCCOc2ccccc2F)c1. The van der Waals surface area contributed by atoms with Crippen LogP contribution in [0.15, 0.2) is 48.5 Å². The molecule has 0 amide bonds. The molecule has 2 aromatic carbocycles. The number of halogens is 1. The summed E-state index contributed by atoms with van der Waals surface area (Å²) in [4.78, 5) is 0. The van der Waals surface area contributed by atoms with Gasteiger partial charge in [0.05, 0.1) is 20.3 Å². The molecule has 0 N–H and O–H groups in total. The molecule has 3 nitrogen and oxygen atoms in total. The molecule has 0 aromatic heterocycles. The molecule has 0 heterocycles. The molecule has 0 spiro atoms. The molecule has 0 fully saturated rings. The summed E-state index contributed by atoms with van der Waals surface area (Å²) in [6, 6.07) is 13.8. The maximum atomic E-state index is 13.3. The standard InChI is InChI=1S/C16H17FO3/c1-18-13-6-4-7-14(12-13)19-10-5-11-20-16-9-3-2-8-15(16)17/h2-4,6-9,12H,5,10-11H2,1H3. The van der Waals surface area contributed by atoms with E-state index in [4.69, 9.17) is 14.2 Å². The van der Waals surface area contributed by atoms with E-state index in [1.54, 1.807) is 25.3 Å². The van der Waals surface area contributed by atoms with E-state index < -0.39 is 0 Å². The number of ether oxygens (including phenoxy) is 3. The Morgan fingerprint density at radius 3 is 2.45 bits per heavy atom. The monoisotopic (exact) mass is 276 g/mol. The summed E-state index contributed by atoms with van der Waals surface area (Å²) in [6.45, 7) is 0.909. The Labute approximate surface area is 117 Å². The van der Waals surface area contributed by atoms with Crippen molar-refractivity contribution in [3.63, 3.8) is 0 Å². The molecule has 0 bridgehead atoms. The summed E-state index contributed by atoms with van der Waals surface area (Å²) in [7, 11) is 1.61. The first kappa shape index (κ1) is 14.2. The fraction of sp³-hybridized carbons (Fsp3) is 0.250. The summed E-state index contributed by atoms with van der Waals surface area (Å²) < 4.78 is 29.3. The van der Waals surface area contributed by atoms with Gasteiger partial charge < -0.3 is 14.2 Å². The number of para-hydroxylation sites is 1. The average molecular weight is 276 g/mol. The van der Waals surface area contributed by atoms with Crippen molar-refractivity contribution >= 4 is 0 Å². The molecule has 0 atom stereocenters. The van der Waals surface area contributed by atoms with Gasteiger partial charge >= 0.3 is 0 Å². The Balaban J connectivity index is 1.70. The Hall–Kier alpha value is -2.23. The molecular formula is C16H17FO3. The normalized spacial score (nSPS) is 10.1. The zero-order valence-corrected chi connectivity index (χ0v) is 11.3. The minimum Gasteiger partial charge on any atom is -0.497 e. The third kappa shape index (κ3) is 4.16. The van der Waals surface area contributed by atoms with Crippen molar-refractivity contribution < 1.29 is 18.6 Å². The van der Waals surface area contributed by atoms with E-state index in [1.807, 2.05) is 24.3 Å². The highest BCUT2D eigenvalue weighted by Gasteiger charge is 2.01.